The smallest absolute Gasteiger partial charge is 0.331 e. The lowest BCUT2D eigenvalue weighted by Crippen LogP contribution is -2.03. The molecule has 0 heterocycles. The number of aliphatic carboxylic acids is 1. The average Bonchev–Trinajstić information content (AvgIpc) is 2.15. The van der Waals surface area contributed by atoms with Crippen molar-refractivity contribution in [2.24, 2.45) is 0 Å². The predicted octanol–water partition coefficient (Wildman–Crippen LogP) is 3.44. The summed E-state index contributed by atoms with van der Waals surface area (Å²) >= 11 is 11.6. The van der Waals surface area contributed by atoms with Crippen molar-refractivity contribution in [2.75, 3.05) is 11.9 Å². The molecule has 1 rings (SSSR count). The highest BCUT2D eigenvalue weighted by atomic mass is 35.5. The number of carbonyl (C=O) groups is 1. The summed E-state index contributed by atoms with van der Waals surface area (Å²) in [5.41, 5.74) is 1.05. The van der Waals surface area contributed by atoms with E-state index in [0.717, 1.165) is 5.69 Å². The van der Waals surface area contributed by atoms with Crippen LogP contribution >= 0.6 is 23.2 Å². The van der Waals surface area contributed by atoms with Gasteiger partial charge in [0.1, 0.15) is 0 Å². The van der Waals surface area contributed by atoms with Gasteiger partial charge in [-0.1, -0.05) is 29.3 Å². The van der Waals surface area contributed by atoms with E-state index in [1.165, 1.54) is 6.92 Å². The normalized spacial score (nSPS) is 11.3. The van der Waals surface area contributed by atoms with Crippen molar-refractivity contribution in [3.8, 4) is 0 Å². The molecule has 16 heavy (non-hydrogen) atoms. The number of carboxylic acid groups (broad SMARTS) is 1. The summed E-state index contributed by atoms with van der Waals surface area (Å²) in [5.74, 6) is -0.925. The first-order valence-corrected chi connectivity index (χ1v) is 5.34. The van der Waals surface area contributed by atoms with Crippen molar-refractivity contribution in [3.63, 3.8) is 0 Å². The van der Waals surface area contributed by atoms with Crippen LogP contribution < -0.4 is 5.32 Å². The summed E-state index contributed by atoms with van der Waals surface area (Å²) in [7, 11) is 0. The lowest BCUT2D eigenvalue weighted by Gasteiger charge is -2.05. The van der Waals surface area contributed by atoms with Gasteiger partial charge in [-0.15, -0.1) is 0 Å². The van der Waals surface area contributed by atoms with Crippen molar-refractivity contribution < 1.29 is 9.90 Å². The molecule has 5 heteroatoms. The molecule has 86 valence electrons. The molecular formula is C11H11Cl2NO2. The Labute approximate surface area is 104 Å². The second kappa shape index (κ2) is 5.77. The van der Waals surface area contributed by atoms with Gasteiger partial charge in [0.25, 0.3) is 0 Å². The van der Waals surface area contributed by atoms with E-state index in [-0.39, 0.29) is 0 Å². The van der Waals surface area contributed by atoms with Gasteiger partial charge in [-0.2, -0.15) is 0 Å². The molecule has 0 aliphatic rings. The third-order valence-electron chi connectivity index (χ3n) is 1.91. The summed E-state index contributed by atoms with van der Waals surface area (Å²) in [4.78, 5) is 10.5. The minimum Gasteiger partial charge on any atom is -0.478 e. The van der Waals surface area contributed by atoms with E-state index >= 15 is 0 Å². The van der Waals surface area contributed by atoms with E-state index < -0.39 is 5.97 Å². The van der Waals surface area contributed by atoms with Crippen LogP contribution in [0.25, 0.3) is 0 Å². The molecule has 0 amide bonds. The van der Waals surface area contributed by atoms with Gasteiger partial charge in [0, 0.05) is 27.9 Å². The van der Waals surface area contributed by atoms with Gasteiger partial charge in [-0.05, 0) is 25.1 Å². The van der Waals surface area contributed by atoms with E-state index in [4.69, 9.17) is 28.3 Å². The van der Waals surface area contributed by atoms with Gasteiger partial charge >= 0.3 is 5.97 Å². The maximum absolute atomic E-state index is 10.5. The Morgan fingerprint density at radius 2 is 1.94 bits per heavy atom. The molecule has 1 aromatic rings. The topological polar surface area (TPSA) is 49.3 Å². The largest absolute Gasteiger partial charge is 0.478 e. The van der Waals surface area contributed by atoms with Crippen molar-refractivity contribution in [1.82, 2.24) is 0 Å². The van der Waals surface area contributed by atoms with Crippen molar-refractivity contribution >= 4 is 34.9 Å². The number of rotatable bonds is 4. The number of benzene rings is 1. The van der Waals surface area contributed by atoms with Crippen LogP contribution in [0.5, 0.6) is 0 Å². The Kier molecular flexibility index (Phi) is 4.65. The molecular weight excluding hydrogens is 249 g/mol. The lowest BCUT2D eigenvalue weighted by atomic mass is 10.2. The van der Waals surface area contributed by atoms with Gasteiger partial charge in [0.2, 0.25) is 0 Å². The molecule has 0 radical (unpaired) electrons. The van der Waals surface area contributed by atoms with Crippen LogP contribution in [-0.2, 0) is 4.79 Å². The summed E-state index contributed by atoms with van der Waals surface area (Å²) < 4.78 is 0. The minimum absolute atomic E-state index is 0.292. The second-order valence-corrected chi connectivity index (χ2v) is 4.10. The molecule has 0 aliphatic carbocycles. The average molecular weight is 260 g/mol. The monoisotopic (exact) mass is 259 g/mol. The molecule has 0 aliphatic heterocycles. The van der Waals surface area contributed by atoms with Gasteiger partial charge in [-0.25, -0.2) is 4.79 Å². The molecule has 3 nitrogen and oxygen atoms in total. The Bertz CT molecular complexity index is 410. The molecule has 0 unspecified atom stereocenters. The summed E-state index contributed by atoms with van der Waals surface area (Å²) in [6.45, 7) is 1.95. The summed E-state index contributed by atoms with van der Waals surface area (Å²) in [6.07, 6.45) is 1.58. The zero-order chi connectivity index (χ0) is 12.1. The number of carboxylic acids is 1. The number of anilines is 1. The maximum Gasteiger partial charge on any atom is 0.331 e. The molecule has 0 saturated carbocycles. The van der Waals surface area contributed by atoms with E-state index in [0.29, 0.717) is 22.2 Å². The molecule has 0 saturated heterocycles. The Morgan fingerprint density at radius 1 is 1.38 bits per heavy atom. The van der Waals surface area contributed by atoms with Crippen LogP contribution in [-0.4, -0.2) is 17.6 Å². The van der Waals surface area contributed by atoms with Crippen LogP contribution in [0.3, 0.4) is 0 Å². The quantitative estimate of drug-likeness (QED) is 0.815. The summed E-state index contributed by atoms with van der Waals surface area (Å²) in [6, 6.07) is 5.07. The van der Waals surface area contributed by atoms with Gasteiger partial charge in [-0.3, -0.25) is 0 Å². The van der Waals surface area contributed by atoms with Gasteiger partial charge < -0.3 is 10.4 Å². The second-order valence-electron chi connectivity index (χ2n) is 3.23. The van der Waals surface area contributed by atoms with E-state index in [1.807, 2.05) is 0 Å². The summed E-state index contributed by atoms with van der Waals surface area (Å²) in [5, 5.41) is 12.7. The van der Waals surface area contributed by atoms with Crippen LogP contribution in [0.1, 0.15) is 6.92 Å². The Balaban J connectivity index is 2.62. The van der Waals surface area contributed by atoms with Crippen molar-refractivity contribution in [3.05, 3.63) is 39.9 Å². The maximum atomic E-state index is 10.5. The first-order valence-electron chi connectivity index (χ1n) is 4.59. The molecule has 0 bridgehead atoms. The first-order chi connectivity index (χ1) is 7.49. The van der Waals surface area contributed by atoms with Crippen LogP contribution in [0, 0.1) is 0 Å². The highest BCUT2D eigenvalue weighted by molar-refractivity contribution is 6.35. The highest BCUT2D eigenvalue weighted by Gasteiger charge is 1.99. The third-order valence-corrected chi connectivity index (χ3v) is 2.35. The van der Waals surface area contributed by atoms with E-state index in [9.17, 15) is 4.79 Å². The van der Waals surface area contributed by atoms with Crippen LogP contribution in [0.2, 0.25) is 10.0 Å². The molecule has 1 aromatic carbocycles. The van der Waals surface area contributed by atoms with E-state index in [2.05, 4.69) is 5.32 Å². The van der Waals surface area contributed by atoms with E-state index in [1.54, 1.807) is 24.3 Å². The fourth-order valence-corrected chi connectivity index (χ4v) is 1.59. The molecule has 0 spiro atoms. The predicted molar refractivity (Wildman–Crippen MR) is 66.3 cm³/mol. The first kappa shape index (κ1) is 12.9. The zero-order valence-corrected chi connectivity index (χ0v) is 10.1. The minimum atomic E-state index is -0.925. The third kappa shape index (κ3) is 4.13. The lowest BCUT2D eigenvalue weighted by molar-refractivity contribution is -0.132. The van der Waals surface area contributed by atoms with Gasteiger partial charge in [0.05, 0.1) is 0 Å². The highest BCUT2D eigenvalue weighted by Crippen LogP contribution is 2.22. The van der Waals surface area contributed by atoms with Crippen LogP contribution in [0.4, 0.5) is 5.69 Å². The van der Waals surface area contributed by atoms with Crippen LogP contribution in [0.15, 0.2) is 29.8 Å². The molecule has 0 atom stereocenters. The number of hydrogen-bond donors (Lipinski definition) is 2. The fraction of sp³-hybridized carbons (Fsp3) is 0.182. The zero-order valence-electron chi connectivity index (χ0n) is 8.63. The fourth-order valence-electron chi connectivity index (χ4n) is 1.07. The standard InChI is InChI=1S/C11H11Cl2NO2/c1-7(11(15)16)2-3-14-10-5-8(12)4-9(13)6-10/h2,4-6,14H,3H2,1H3,(H,15,16)/b7-2-. The number of halogens is 2. The SMILES string of the molecule is C/C(=C/CNc1cc(Cl)cc(Cl)c1)C(=O)O. The number of nitrogens with one attached hydrogen (secondary N) is 1. The molecule has 0 fully saturated rings. The number of hydrogen-bond acceptors (Lipinski definition) is 2. The Morgan fingerprint density at radius 3 is 2.44 bits per heavy atom. The van der Waals surface area contributed by atoms with Crippen molar-refractivity contribution in [2.45, 2.75) is 6.92 Å². The molecule has 2 N–H and O–H groups in total. The Hall–Kier alpha value is -1.19. The van der Waals surface area contributed by atoms with Crippen molar-refractivity contribution in [1.29, 1.82) is 0 Å². The van der Waals surface area contributed by atoms with Gasteiger partial charge in [0.15, 0.2) is 0 Å². The molecule has 0 aromatic heterocycles.